The topological polar surface area (TPSA) is 52.6 Å². The summed E-state index contributed by atoms with van der Waals surface area (Å²) in [6.07, 6.45) is 2.62. The smallest absolute Gasteiger partial charge is 0.339 e. The predicted molar refractivity (Wildman–Crippen MR) is 65.8 cm³/mol. The van der Waals surface area contributed by atoms with Crippen molar-refractivity contribution in [3.8, 4) is 11.5 Å². The standard InChI is InChI=1S/C15H12O4/c1-7-5-6-8-12-11(7)15(17)19-10-4-2-3-9(13(10)12)18-14(8)16/h2-4,6-7,11-12H,5H2,1H3/t7-,11+,12+/m1/s1. The summed E-state index contributed by atoms with van der Waals surface area (Å²) in [4.78, 5) is 24.2. The highest BCUT2D eigenvalue weighted by Gasteiger charge is 2.50. The van der Waals surface area contributed by atoms with Crippen molar-refractivity contribution in [1.82, 2.24) is 0 Å². The number of hydrogen-bond donors (Lipinski definition) is 0. The number of carbonyl (C=O) groups excluding carboxylic acids is 2. The van der Waals surface area contributed by atoms with Crippen molar-refractivity contribution < 1.29 is 19.1 Å². The van der Waals surface area contributed by atoms with Crippen molar-refractivity contribution >= 4 is 11.9 Å². The normalized spacial score (nSPS) is 31.0. The van der Waals surface area contributed by atoms with Gasteiger partial charge in [-0.2, -0.15) is 0 Å². The summed E-state index contributed by atoms with van der Waals surface area (Å²) in [7, 11) is 0. The number of esters is 2. The molecular formula is C15H12O4. The summed E-state index contributed by atoms with van der Waals surface area (Å²) in [5.74, 6) is 0.184. The van der Waals surface area contributed by atoms with Gasteiger partial charge in [-0.05, 0) is 24.5 Å². The molecule has 1 aromatic carbocycles. The molecule has 2 heterocycles. The lowest BCUT2D eigenvalue weighted by Crippen LogP contribution is -2.42. The molecule has 0 saturated carbocycles. The summed E-state index contributed by atoms with van der Waals surface area (Å²) in [6.45, 7) is 2.02. The third kappa shape index (κ3) is 1.28. The molecule has 0 N–H and O–H groups in total. The first-order valence-electron chi connectivity index (χ1n) is 6.43. The average Bonchev–Trinajstić information content (AvgIpc) is 2.38. The molecule has 0 bridgehead atoms. The molecule has 4 nitrogen and oxygen atoms in total. The van der Waals surface area contributed by atoms with E-state index in [2.05, 4.69) is 0 Å². The first-order chi connectivity index (χ1) is 9.16. The molecule has 4 rings (SSSR count). The van der Waals surface area contributed by atoms with E-state index in [1.165, 1.54) is 0 Å². The highest BCUT2D eigenvalue weighted by atomic mass is 16.6. The molecule has 0 fully saturated rings. The molecule has 0 spiro atoms. The highest BCUT2D eigenvalue weighted by molar-refractivity contribution is 5.98. The van der Waals surface area contributed by atoms with Gasteiger partial charge in [0.05, 0.1) is 5.92 Å². The minimum absolute atomic E-state index is 0.174. The number of hydrogen-bond acceptors (Lipinski definition) is 4. The maximum Gasteiger partial charge on any atom is 0.339 e. The Hall–Kier alpha value is -2.10. The summed E-state index contributed by atoms with van der Waals surface area (Å²) in [5, 5.41) is 0. The molecule has 1 aromatic rings. The molecule has 3 atom stereocenters. The zero-order chi connectivity index (χ0) is 13.1. The molecule has 96 valence electrons. The Kier molecular flexibility index (Phi) is 1.97. The van der Waals surface area contributed by atoms with Gasteiger partial charge in [0.1, 0.15) is 11.5 Å². The van der Waals surface area contributed by atoms with Gasteiger partial charge in [-0.15, -0.1) is 0 Å². The fraction of sp³-hybridized carbons (Fsp3) is 0.333. The predicted octanol–water partition coefficient (Wildman–Crippen LogP) is 2.19. The van der Waals surface area contributed by atoms with Gasteiger partial charge in [-0.25, -0.2) is 4.79 Å². The van der Waals surface area contributed by atoms with E-state index in [9.17, 15) is 9.59 Å². The maximum absolute atomic E-state index is 12.2. The minimum atomic E-state index is -0.332. The number of benzene rings is 1. The van der Waals surface area contributed by atoms with Crippen LogP contribution in [0, 0.1) is 11.8 Å². The highest BCUT2D eigenvalue weighted by Crippen LogP contribution is 2.54. The van der Waals surface area contributed by atoms with Crippen LogP contribution >= 0.6 is 0 Å². The van der Waals surface area contributed by atoms with Crippen LogP contribution in [0.25, 0.3) is 0 Å². The molecular weight excluding hydrogens is 244 g/mol. The second-order valence-corrected chi connectivity index (χ2v) is 5.35. The fourth-order valence-electron chi connectivity index (χ4n) is 3.37. The molecule has 0 saturated heterocycles. The van der Waals surface area contributed by atoms with Crippen molar-refractivity contribution in [2.75, 3.05) is 0 Å². The van der Waals surface area contributed by atoms with E-state index in [4.69, 9.17) is 9.47 Å². The van der Waals surface area contributed by atoms with E-state index in [0.29, 0.717) is 23.5 Å². The van der Waals surface area contributed by atoms with Crippen molar-refractivity contribution in [1.29, 1.82) is 0 Å². The molecule has 4 heteroatoms. The molecule has 0 aromatic heterocycles. The average molecular weight is 256 g/mol. The second kappa shape index (κ2) is 3.47. The SMILES string of the molecule is C[C@@H]1CC=C2C(=O)Oc3cccc4c3[C@@H]2[C@H]1C(=O)O4. The molecule has 1 aliphatic carbocycles. The van der Waals surface area contributed by atoms with Gasteiger partial charge in [0, 0.05) is 17.1 Å². The van der Waals surface area contributed by atoms with Crippen LogP contribution in [-0.2, 0) is 9.59 Å². The first kappa shape index (κ1) is 10.8. The minimum Gasteiger partial charge on any atom is -0.426 e. The quantitative estimate of drug-likeness (QED) is 0.527. The number of ether oxygens (including phenoxy) is 2. The van der Waals surface area contributed by atoms with Crippen LogP contribution in [0.15, 0.2) is 29.8 Å². The summed E-state index contributed by atoms with van der Waals surface area (Å²) in [6, 6.07) is 5.24. The van der Waals surface area contributed by atoms with Gasteiger partial charge in [-0.3, -0.25) is 4.79 Å². The summed E-state index contributed by atoms with van der Waals surface area (Å²) < 4.78 is 10.7. The molecule has 0 unspecified atom stereocenters. The lowest BCUT2D eigenvalue weighted by atomic mass is 9.67. The monoisotopic (exact) mass is 256 g/mol. The first-order valence-corrected chi connectivity index (χ1v) is 6.43. The zero-order valence-corrected chi connectivity index (χ0v) is 10.4. The Morgan fingerprint density at radius 3 is 2.68 bits per heavy atom. The van der Waals surface area contributed by atoms with Crippen LogP contribution in [0.2, 0.25) is 0 Å². The van der Waals surface area contributed by atoms with Crippen molar-refractivity contribution in [2.45, 2.75) is 19.3 Å². The Morgan fingerprint density at radius 1 is 1.16 bits per heavy atom. The fourth-order valence-corrected chi connectivity index (χ4v) is 3.37. The zero-order valence-electron chi connectivity index (χ0n) is 10.4. The van der Waals surface area contributed by atoms with E-state index < -0.39 is 0 Å². The van der Waals surface area contributed by atoms with Crippen molar-refractivity contribution in [3.05, 3.63) is 35.4 Å². The van der Waals surface area contributed by atoms with Crippen LogP contribution in [0.4, 0.5) is 0 Å². The summed E-state index contributed by atoms with van der Waals surface area (Å²) >= 11 is 0. The molecule has 19 heavy (non-hydrogen) atoms. The van der Waals surface area contributed by atoms with Crippen LogP contribution in [0.1, 0.15) is 24.8 Å². The van der Waals surface area contributed by atoms with Gasteiger partial charge in [0.15, 0.2) is 0 Å². The van der Waals surface area contributed by atoms with Gasteiger partial charge < -0.3 is 9.47 Å². The number of rotatable bonds is 0. The van der Waals surface area contributed by atoms with E-state index >= 15 is 0 Å². The van der Waals surface area contributed by atoms with E-state index in [1.807, 2.05) is 13.0 Å². The Labute approximate surface area is 110 Å². The van der Waals surface area contributed by atoms with Crippen molar-refractivity contribution in [3.63, 3.8) is 0 Å². The van der Waals surface area contributed by atoms with Crippen LogP contribution in [0.5, 0.6) is 11.5 Å². The van der Waals surface area contributed by atoms with Gasteiger partial charge >= 0.3 is 11.9 Å². The van der Waals surface area contributed by atoms with E-state index in [1.54, 1.807) is 18.2 Å². The molecule has 2 aliphatic heterocycles. The van der Waals surface area contributed by atoms with Crippen LogP contribution < -0.4 is 9.47 Å². The van der Waals surface area contributed by atoms with E-state index in [0.717, 1.165) is 5.56 Å². The van der Waals surface area contributed by atoms with Gasteiger partial charge in [-0.1, -0.05) is 19.1 Å². The molecule has 0 radical (unpaired) electrons. The maximum atomic E-state index is 12.2. The van der Waals surface area contributed by atoms with Crippen LogP contribution in [0.3, 0.4) is 0 Å². The van der Waals surface area contributed by atoms with E-state index in [-0.39, 0.29) is 29.7 Å². The second-order valence-electron chi connectivity index (χ2n) is 5.35. The Balaban J connectivity index is 2.03. The number of carbonyl (C=O) groups is 2. The number of allylic oxidation sites excluding steroid dienone is 1. The van der Waals surface area contributed by atoms with Gasteiger partial charge in [0.25, 0.3) is 0 Å². The third-order valence-electron chi connectivity index (χ3n) is 4.27. The third-order valence-corrected chi connectivity index (χ3v) is 4.27. The lowest BCUT2D eigenvalue weighted by molar-refractivity contribution is -0.144. The molecule has 3 aliphatic rings. The van der Waals surface area contributed by atoms with Crippen LogP contribution in [-0.4, -0.2) is 11.9 Å². The molecule has 0 amide bonds. The lowest BCUT2D eigenvalue weighted by Gasteiger charge is -2.41. The Bertz CT molecular complexity index is 629. The largest absolute Gasteiger partial charge is 0.426 e. The Morgan fingerprint density at radius 2 is 1.89 bits per heavy atom. The summed E-state index contributed by atoms with van der Waals surface area (Å²) in [5.41, 5.74) is 1.46. The van der Waals surface area contributed by atoms with Crippen molar-refractivity contribution in [2.24, 2.45) is 11.8 Å². The van der Waals surface area contributed by atoms with Gasteiger partial charge in [0.2, 0.25) is 0 Å².